The molecule has 0 aromatic heterocycles. The molecule has 5 heteroatoms. The minimum atomic E-state index is -0.264. The third-order valence-corrected chi connectivity index (χ3v) is 4.93. The van der Waals surface area contributed by atoms with Gasteiger partial charge >= 0.3 is 0 Å². The van der Waals surface area contributed by atoms with Crippen molar-refractivity contribution in [2.75, 3.05) is 23.3 Å². The Hall–Kier alpha value is -1.85. The third-order valence-electron chi connectivity index (χ3n) is 4.30. The molecule has 0 spiro atoms. The van der Waals surface area contributed by atoms with Crippen LogP contribution >= 0.6 is 15.9 Å². The van der Waals surface area contributed by atoms with Gasteiger partial charge in [0.15, 0.2) is 0 Å². The number of halogens is 1. The molecule has 0 fully saturated rings. The van der Waals surface area contributed by atoms with Crippen LogP contribution in [0.4, 0.5) is 11.4 Å². The Morgan fingerprint density at radius 1 is 1.21 bits per heavy atom. The van der Waals surface area contributed by atoms with Crippen molar-refractivity contribution in [3.8, 4) is 0 Å². The molecule has 1 aliphatic heterocycles. The zero-order chi connectivity index (χ0) is 17.1. The van der Waals surface area contributed by atoms with Gasteiger partial charge in [0.1, 0.15) is 6.04 Å². The van der Waals surface area contributed by atoms with Crippen molar-refractivity contribution in [1.29, 1.82) is 0 Å². The molecule has 1 atom stereocenters. The number of carbonyl (C=O) groups excluding carboxylic acids is 1. The maximum absolute atomic E-state index is 12.2. The van der Waals surface area contributed by atoms with Gasteiger partial charge in [-0.3, -0.25) is 4.79 Å². The number of rotatable bonds is 6. The van der Waals surface area contributed by atoms with E-state index in [4.69, 9.17) is 0 Å². The Morgan fingerprint density at radius 2 is 1.96 bits per heavy atom. The summed E-state index contributed by atoms with van der Waals surface area (Å²) in [7, 11) is 0. The summed E-state index contributed by atoms with van der Waals surface area (Å²) >= 11 is 3.69. The standard InChI is InChI=1S/C19H22BrN3O/c1-3-21-18-14-10-15(20)17(11-16(14)22-19(18)24)23(4-2)12-13-8-6-5-7-9-13/h5-11,18,21H,3-4,12H2,1-2H3,(H,22,24). The highest BCUT2D eigenvalue weighted by molar-refractivity contribution is 9.10. The first-order valence-corrected chi connectivity index (χ1v) is 9.09. The van der Waals surface area contributed by atoms with Gasteiger partial charge in [-0.1, -0.05) is 37.3 Å². The first-order valence-electron chi connectivity index (χ1n) is 8.30. The van der Waals surface area contributed by atoms with Crippen LogP contribution in [0.5, 0.6) is 0 Å². The van der Waals surface area contributed by atoms with Crippen molar-refractivity contribution in [1.82, 2.24) is 5.32 Å². The predicted molar refractivity (Wildman–Crippen MR) is 102 cm³/mol. The third kappa shape index (κ3) is 3.32. The van der Waals surface area contributed by atoms with Crippen LogP contribution in [0, 0.1) is 0 Å². The first kappa shape index (κ1) is 17.0. The molecule has 2 aromatic carbocycles. The average Bonchev–Trinajstić information content (AvgIpc) is 2.88. The molecule has 1 amide bonds. The molecule has 0 saturated heterocycles. The topological polar surface area (TPSA) is 44.4 Å². The molecule has 126 valence electrons. The molecule has 24 heavy (non-hydrogen) atoms. The monoisotopic (exact) mass is 387 g/mol. The lowest BCUT2D eigenvalue weighted by atomic mass is 10.1. The molecular weight excluding hydrogens is 366 g/mol. The van der Waals surface area contributed by atoms with Crippen LogP contribution in [0.25, 0.3) is 0 Å². The Bertz CT molecular complexity index is 733. The lowest BCUT2D eigenvalue weighted by molar-refractivity contribution is -0.117. The van der Waals surface area contributed by atoms with Crippen LogP contribution in [0.3, 0.4) is 0 Å². The maximum Gasteiger partial charge on any atom is 0.246 e. The minimum absolute atomic E-state index is 0.0157. The lowest BCUT2D eigenvalue weighted by Crippen LogP contribution is -2.27. The zero-order valence-corrected chi connectivity index (χ0v) is 15.6. The Labute approximate surface area is 151 Å². The quantitative estimate of drug-likeness (QED) is 0.784. The van der Waals surface area contributed by atoms with Crippen LogP contribution in [-0.4, -0.2) is 19.0 Å². The smallest absolute Gasteiger partial charge is 0.246 e. The van der Waals surface area contributed by atoms with Crippen molar-refractivity contribution in [2.24, 2.45) is 0 Å². The van der Waals surface area contributed by atoms with Gasteiger partial charge in [-0.15, -0.1) is 0 Å². The highest BCUT2D eigenvalue weighted by Gasteiger charge is 2.31. The lowest BCUT2D eigenvalue weighted by Gasteiger charge is -2.25. The van der Waals surface area contributed by atoms with Crippen LogP contribution in [0.15, 0.2) is 46.9 Å². The Balaban J connectivity index is 1.91. The number of benzene rings is 2. The first-order chi connectivity index (χ1) is 11.6. The Morgan fingerprint density at radius 3 is 2.62 bits per heavy atom. The highest BCUT2D eigenvalue weighted by Crippen LogP contribution is 2.39. The fraction of sp³-hybridized carbons (Fsp3) is 0.316. The fourth-order valence-corrected chi connectivity index (χ4v) is 3.70. The molecule has 2 N–H and O–H groups in total. The van der Waals surface area contributed by atoms with E-state index in [0.29, 0.717) is 0 Å². The summed E-state index contributed by atoms with van der Waals surface area (Å²) in [4.78, 5) is 14.5. The van der Waals surface area contributed by atoms with Gasteiger partial charge in [0.25, 0.3) is 0 Å². The molecule has 2 aromatic rings. The van der Waals surface area contributed by atoms with Gasteiger partial charge in [-0.2, -0.15) is 0 Å². The number of nitrogens with zero attached hydrogens (tertiary/aromatic N) is 1. The number of carbonyl (C=O) groups is 1. The highest BCUT2D eigenvalue weighted by atomic mass is 79.9. The summed E-state index contributed by atoms with van der Waals surface area (Å²) in [6.07, 6.45) is 0. The Kier molecular flexibility index (Phi) is 5.21. The van der Waals surface area contributed by atoms with Gasteiger partial charge < -0.3 is 15.5 Å². The summed E-state index contributed by atoms with van der Waals surface area (Å²) < 4.78 is 1.01. The molecule has 1 heterocycles. The van der Waals surface area contributed by atoms with E-state index in [-0.39, 0.29) is 11.9 Å². The van der Waals surface area contributed by atoms with Crippen LogP contribution in [0.2, 0.25) is 0 Å². The van der Waals surface area contributed by atoms with Crippen molar-refractivity contribution in [2.45, 2.75) is 26.4 Å². The van der Waals surface area contributed by atoms with E-state index in [9.17, 15) is 4.79 Å². The number of hydrogen-bond acceptors (Lipinski definition) is 3. The second-order valence-electron chi connectivity index (χ2n) is 5.87. The summed E-state index contributed by atoms with van der Waals surface area (Å²) in [5, 5.41) is 6.23. The normalized spacial score (nSPS) is 16.0. The maximum atomic E-state index is 12.2. The molecule has 3 rings (SSSR count). The summed E-state index contributed by atoms with van der Waals surface area (Å²) in [6.45, 7) is 6.62. The van der Waals surface area contributed by atoms with Crippen molar-refractivity contribution < 1.29 is 4.79 Å². The van der Waals surface area contributed by atoms with Crippen LogP contribution in [0.1, 0.15) is 31.0 Å². The molecular formula is C19H22BrN3O. The molecule has 1 aliphatic rings. The van der Waals surface area contributed by atoms with E-state index in [1.165, 1.54) is 5.56 Å². The van der Waals surface area contributed by atoms with Gasteiger partial charge in [0.05, 0.1) is 5.69 Å². The van der Waals surface area contributed by atoms with Crippen molar-refractivity contribution in [3.63, 3.8) is 0 Å². The molecule has 0 saturated carbocycles. The van der Waals surface area contributed by atoms with E-state index in [1.54, 1.807) is 0 Å². The fourth-order valence-electron chi connectivity index (χ4n) is 3.09. The van der Waals surface area contributed by atoms with Crippen molar-refractivity contribution in [3.05, 3.63) is 58.1 Å². The second-order valence-corrected chi connectivity index (χ2v) is 6.72. The van der Waals surface area contributed by atoms with Gasteiger partial charge in [0.2, 0.25) is 5.91 Å². The van der Waals surface area contributed by atoms with Crippen LogP contribution < -0.4 is 15.5 Å². The second kappa shape index (κ2) is 7.36. The number of anilines is 2. The van der Waals surface area contributed by atoms with Gasteiger partial charge in [-0.25, -0.2) is 0 Å². The van der Waals surface area contributed by atoms with E-state index in [1.807, 2.05) is 13.0 Å². The van der Waals surface area contributed by atoms with E-state index in [2.05, 4.69) is 74.8 Å². The molecule has 0 radical (unpaired) electrons. The summed E-state index contributed by atoms with van der Waals surface area (Å²) in [5.41, 5.74) is 4.27. The van der Waals surface area contributed by atoms with Gasteiger partial charge in [0, 0.05) is 28.8 Å². The predicted octanol–water partition coefficient (Wildman–Crippen LogP) is 4.08. The average molecular weight is 388 g/mol. The molecule has 1 unspecified atom stereocenters. The summed E-state index contributed by atoms with van der Waals surface area (Å²) in [6, 6.07) is 14.3. The summed E-state index contributed by atoms with van der Waals surface area (Å²) in [5.74, 6) is 0.0157. The minimum Gasteiger partial charge on any atom is -0.367 e. The largest absolute Gasteiger partial charge is 0.367 e. The number of amides is 1. The van der Waals surface area contributed by atoms with E-state index >= 15 is 0 Å². The SMILES string of the molecule is CCNC1C(=O)Nc2cc(N(CC)Cc3ccccc3)c(Br)cc21. The number of fused-ring (bicyclic) bond motifs is 1. The van der Waals surface area contributed by atoms with Crippen LogP contribution in [-0.2, 0) is 11.3 Å². The van der Waals surface area contributed by atoms with E-state index in [0.717, 1.165) is 41.0 Å². The molecule has 0 bridgehead atoms. The molecule has 4 nitrogen and oxygen atoms in total. The number of likely N-dealkylation sites (N-methyl/N-ethyl adjacent to an activating group) is 1. The van der Waals surface area contributed by atoms with E-state index < -0.39 is 0 Å². The number of nitrogens with one attached hydrogen (secondary N) is 2. The van der Waals surface area contributed by atoms with Crippen molar-refractivity contribution >= 4 is 33.2 Å². The zero-order valence-electron chi connectivity index (χ0n) is 14.0. The number of hydrogen-bond donors (Lipinski definition) is 2. The molecule has 0 aliphatic carbocycles. The van der Waals surface area contributed by atoms with Gasteiger partial charge in [-0.05, 0) is 47.1 Å².